The second-order valence-corrected chi connectivity index (χ2v) is 7.08. The van der Waals surface area contributed by atoms with E-state index in [1.165, 1.54) is 6.92 Å². The van der Waals surface area contributed by atoms with Crippen LogP contribution in [0.2, 0.25) is 0 Å². The molecule has 1 unspecified atom stereocenters. The van der Waals surface area contributed by atoms with Crippen LogP contribution in [0.5, 0.6) is 0 Å². The molecule has 108 valence electrons. The predicted molar refractivity (Wildman–Crippen MR) is 76.1 cm³/mol. The molecule has 1 saturated heterocycles. The number of benzene rings is 1. The number of carbonyl (C=O) groups is 2. The van der Waals surface area contributed by atoms with E-state index in [0.717, 1.165) is 0 Å². The third kappa shape index (κ3) is 3.80. The van der Waals surface area contributed by atoms with Crippen LogP contribution in [0.3, 0.4) is 0 Å². The summed E-state index contributed by atoms with van der Waals surface area (Å²) in [5.41, 5.74) is 1.11. The maximum atomic E-state index is 12.0. The summed E-state index contributed by atoms with van der Waals surface area (Å²) in [6.07, 6.45) is 0.361. The number of amides is 2. The van der Waals surface area contributed by atoms with Gasteiger partial charge in [0.25, 0.3) is 0 Å². The van der Waals surface area contributed by atoms with Crippen LogP contribution in [0.25, 0.3) is 0 Å². The summed E-state index contributed by atoms with van der Waals surface area (Å²) >= 11 is 0. The minimum atomic E-state index is -3.07. The van der Waals surface area contributed by atoms with Crippen molar-refractivity contribution < 1.29 is 18.0 Å². The van der Waals surface area contributed by atoms with Gasteiger partial charge in [-0.15, -0.1) is 0 Å². The average Bonchev–Trinajstić information content (AvgIpc) is 2.69. The Morgan fingerprint density at radius 2 is 1.85 bits per heavy atom. The first-order chi connectivity index (χ1) is 9.35. The van der Waals surface area contributed by atoms with Gasteiger partial charge in [0.05, 0.1) is 17.4 Å². The molecule has 1 aromatic rings. The van der Waals surface area contributed by atoms with Gasteiger partial charge in [-0.1, -0.05) is 6.07 Å². The lowest BCUT2D eigenvalue weighted by molar-refractivity contribution is -0.119. The highest BCUT2D eigenvalue weighted by molar-refractivity contribution is 7.91. The Morgan fingerprint density at radius 3 is 2.40 bits per heavy atom. The van der Waals surface area contributed by atoms with Crippen molar-refractivity contribution in [3.05, 3.63) is 24.3 Å². The van der Waals surface area contributed by atoms with Gasteiger partial charge in [0.2, 0.25) is 11.8 Å². The maximum Gasteiger partial charge on any atom is 0.228 e. The zero-order chi connectivity index (χ0) is 14.8. The Kier molecular flexibility index (Phi) is 4.08. The molecule has 1 aromatic carbocycles. The molecule has 0 aromatic heterocycles. The van der Waals surface area contributed by atoms with Crippen LogP contribution in [0, 0.1) is 5.92 Å². The van der Waals surface area contributed by atoms with Gasteiger partial charge in [-0.25, -0.2) is 8.42 Å². The highest BCUT2D eigenvalue weighted by atomic mass is 32.2. The van der Waals surface area contributed by atoms with Gasteiger partial charge in [-0.05, 0) is 24.6 Å². The van der Waals surface area contributed by atoms with Crippen molar-refractivity contribution in [2.45, 2.75) is 13.3 Å². The second kappa shape index (κ2) is 5.62. The van der Waals surface area contributed by atoms with E-state index >= 15 is 0 Å². The fourth-order valence-corrected chi connectivity index (χ4v) is 3.87. The van der Waals surface area contributed by atoms with Gasteiger partial charge in [-0.2, -0.15) is 0 Å². The van der Waals surface area contributed by atoms with Gasteiger partial charge in [-0.3, -0.25) is 9.59 Å². The molecule has 1 aliphatic rings. The highest BCUT2D eigenvalue weighted by Gasteiger charge is 2.32. The lowest BCUT2D eigenvalue weighted by Gasteiger charge is -2.10. The monoisotopic (exact) mass is 296 g/mol. The van der Waals surface area contributed by atoms with Crippen molar-refractivity contribution in [2.75, 3.05) is 22.1 Å². The van der Waals surface area contributed by atoms with Crippen LogP contribution in [0.1, 0.15) is 13.3 Å². The molecule has 2 N–H and O–H groups in total. The van der Waals surface area contributed by atoms with E-state index in [2.05, 4.69) is 10.6 Å². The van der Waals surface area contributed by atoms with Crippen LogP contribution in [0.15, 0.2) is 24.3 Å². The quantitative estimate of drug-likeness (QED) is 0.871. The minimum Gasteiger partial charge on any atom is -0.326 e. The first-order valence-corrected chi connectivity index (χ1v) is 8.07. The molecule has 1 atom stereocenters. The average molecular weight is 296 g/mol. The maximum absolute atomic E-state index is 12.0. The van der Waals surface area contributed by atoms with E-state index in [9.17, 15) is 18.0 Å². The lowest BCUT2D eigenvalue weighted by Crippen LogP contribution is -2.23. The molecular weight excluding hydrogens is 280 g/mol. The molecule has 1 aliphatic heterocycles. The molecule has 0 aliphatic carbocycles. The van der Waals surface area contributed by atoms with Crippen molar-refractivity contribution in [1.29, 1.82) is 0 Å². The number of rotatable bonds is 3. The van der Waals surface area contributed by atoms with E-state index in [-0.39, 0.29) is 23.3 Å². The summed E-state index contributed by atoms with van der Waals surface area (Å²) in [6.45, 7) is 1.40. The van der Waals surface area contributed by atoms with Gasteiger partial charge >= 0.3 is 0 Å². The zero-order valence-corrected chi connectivity index (χ0v) is 11.9. The third-order valence-corrected chi connectivity index (χ3v) is 4.82. The number of carbonyl (C=O) groups excluding carboxylic acids is 2. The van der Waals surface area contributed by atoms with Crippen LogP contribution in [0.4, 0.5) is 11.4 Å². The molecule has 1 fully saturated rings. The van der Waals surface area contributed by atoms with Gasteiger partial charge < -0.3 is 10.6 Å². The van der Waals surface area contributed by atoms with Gasteiger partial charge in [0.15, 0.2) is 9.84 Å². The Balaban J connectivity index is 2.03. The molecular formula is C13H16N2O4S. The third-order valence-electron chi connectivity index (χ3n) is 3.05. The topological polar surface area (TPSA) is 92.3 Å². The number of hydrogen-bond acceptors (Lipinski definition) is 4. The fraction of sp³-hybridized carbons (Fsp3) is 0.385. The molecule has 20 heavy (non-hydrogen) atoms. The summed E-state index contributed by atoms with van der Waals surface area (Å²) in [7, 11) is -3.07. The molecule has 6 nitrogen and oxygen atoms in total. The van der Waals surface area contributed by atoms with E-state index in [1.54, 1.807) is 24.3 Å². The Morgan fingerprint density at radius 1 is 1.20 bits per heavy atom. The minimum absolute atomic E-state index is 0.0665. The number of anilines is 2. The molecule has 0 radical (unpaired) electrons. The van der Waals surface area contributed by atoms with E-state index in [0.29, 0.717) is 17.8 Å². The Labute approximate surface area is 117 Å². The SMILES string of the molecule is CC(=O)Nc1cccc(NC(=O)C2CCS(=O)(=O)C2)c1. The normalized spacial score (nSPS) is 20.4. The van der Waals surface area contributed by atoms with Crippen LogP contribution in [-0.4, -0.2) is 31.7 Å². The van der Waals surface area contributed by atoms with Crippen LogP contribution < -0.4 is 10.6 Å². The molecule has 1 heterocycles. The lowest BCUT2D eigenvalue weighted by atomic mass is 10.1. The largest absolute Gasteiger partial charge is 0.326 e. The smallest absolute Gasteiger partial charge is 0.228 e. The highest BCUT2D eigenvalue weighted by Crippen LogP contribution is 2.21. The molecule has 7 heteroatoms. The Bertz CT molecular complexity index is 640. The van der Waals surface area contributed by atoms with Gasteiger partial charge in [0.1, 0.15) is 0 Å². The first-order valence-electron chi connectivity index (χ1n) is 6.25. The fourth-order valence-electron chi connectivity index (χ4n) is 2.12. The van der Waals surface area contributed by atoms with Crippen LogP contribution in [-0.2, 0) is 19.4 Å². The van der Waals surface area contributed by atoms with E-state index in [1.807, 2.05) is 0 Å². The Hall–Kier alpha value is -1.89. The molecule has 0 spiro atoms. The zero-order valence-electron chi connectivity index (χ0n) is 11.0. The van der Waals surface area contributed by atoms with Crippen molar-refractivity contribution in [1.82, 2.24) is 0 Å². The number of sulfone groups is 1. The van der Waals surface area contributed by atoms with Crippen LogP contribution >= 0.6 is 0 Å². The van der Waals surface area contributed by atoms with Crippen molar-refractivity contribution >= 4 is 33.0 Å². The molecule has 2 rings (SSSR count). The van der Waals surface area contributed by atoms with Crippen molar-refractivity contribution in [2.24, 2.45) is 5.92 Å². The van der Waals surface area contributed by atoms with Crippen molar-refractivity contribution in [3.8, 4) is 0 Å². The van der Waals surface area contributed by atoms with E-state index in [4.69, 9.17) is 0 Å². The summed E-state index contributed by atoms with van der Waals surface area (Å²) < 4.78 is 22.7. The second-order valence-electron chi connectivity index (χ2n) is 4.85. The summed E-state index contributed by atoms with van der Waals surface area (Å²) in [5, 5.41) is 5.30. The predicted octanol–water partition coefficient (Wildman–Crippen LogP) is 1.02. The first kappa shape index (κ1) is 14.5. The summed E-state index contributed by atoms with van der Waals surface area (Å²) in [6, 6.07) is 6.72. The molecule has 2 amide bonds. The summed E-state index contributed by atoms with van der Waals surface area (Å²) in [5.74, 6) is -1.02. The number of nitrogens with one attached hydrogen (secondary N) is 2. The van der Waals surface area contributed by atoms with Gasteiger partial charge in [0, 0.05) is 18.3 Å². The van der Waals surface area contributed by atoms with E-state index < -0.39 is 15.8 Å². The molecule has 0 bridgehead atoms. The standard InChI is InChI=1S/C13H16N2O4S/c1-9(16)14-11-3-2-4-12(7-11)15-13(17)10-5-6-20(18,19)8-10/h2-4,7,10H,5-6,8H2,1H3,(H,14,16)(H,15,17). The molecule has 0 saturated carbocycles. The number of hydrogen-bond donors (Lipinski definition) is 2. The van der Waals surface area contributed by atoms with Crippen molar-refractivity contribution in [3.63, 3.8) is 0 Å². The summed E-state index contributed by atoms with van der Waals surface area (Å²) in [4.78, 5) is 22.9.